The fourth-order valence-electron chi connectivity index (χ4n) is 7.29. The zero-order valence-corrected chi connectivity index (χ0v) is 22.0. The number of benzene rings is 1. The number of hydrogen-bond donors (Lipinski definition) is 0. The molecule has 0 amide bonds. The molecule has 8 atom stereocenters. The molecule has 2 aromatic rings. The third kappa shape index (κ3) is 4.25. The molecule has 5 aliphatic rings. The van der Waals surface area contributed by atoms with Crippen LogP contribution in [0.2, 0.25) is 0 Å². The molecule has 38 heavy (non-hydrogen) atoms. The Hall–Kier alpha value is -2.75. The standard InChI is InChI=1S/C29H34O9/c1-16-8-9-20-17(2)27(35-23-15-28(3)13-12-19(16)29(20,23)38-37-28)36-25(31)11-10-24(30)34-22-14-26(32)33-21-7-5-4-6-18(21)22/h4-7,14,16-17,19-20,23,27H,8-13,15H2,1-3H3/t16-,17-,19+,20+,23-,27+,28+,29-/m1/s1. The van der Waals surface area contributed by atoms with E-state index in [4.69, 9.17) is 28.4 Å². The summed E-state index contributed by atoms with van der Waals surface area (Å²) in [6, 6.07) is 7.90. The lowest BCUT2D eigenvalue weighted by Gasteiger charge is -2.60. The molecule has 4 heterocycles. The van der Waals surface area contributed by atoms with Gasteiger partial charge in [-0.2, -0.15) is 0 Å². The molecule has 2 bridgehead atoms. The molecular weight excluding hydrogens is 492 g/mol. The fraction of sp³-hybridized carbons (Fsp3) is 0.621. The largest absolute Gasteiger partial charge is 0.435 e. The summed E-state index contributed by atoms with van der Waals surface area (Å²) in [5.41, 5.74) is -1.25. The second-order valence-electron chi connectivity index (χ2n) is 11.7. The highest BCUT2D eigenvalue weighted by atomic mass is 17.2. The van der Waals surface area contributed by atoms with E-state index >= 15 is 0 Å². The Kier molecular flexibility index (Phi) is 6.36. The third-order valence-corrected chi connectivity index (χ3v) is 9.25. The maximum absolute atomic E-state index is 12.8. The van der Waals surface area contributed by atoms with Gasteiger partial charge in [0.15, 0.2) is 0 Å². The Balaban J connectivity index is 1.11. The number of hydrogen-bond acceptors (Lipinski definition) is 9. The zero-order valence-electron chi connectivity index (χ0n) is 22.0. The summed E-state index contributed by atoms with van der Waals surface area (Å²) in [7, 11) is 0. The van der Waals surface area contributed by atoms with Gasteiger partial charge in [0.05, 0.1) is 30.4 Å². The number of esters is 2. The maximum Gasteiger partial charge on any atom is 0.339 e. The predicted octanol–water partition coefficient (Wildman–Crippen LogP) is 4.69. The van der Waals surface area contributed by atoms with Crippen molar-refractivity contribution in [1.82, 2.24) is 0 Å². The summed E-state index contributed by atoms with van der Waals surface area (Å²) in [4.78, 5) is 49.4. The first kappa shape index (κ1) is 25.5. The van der Waals surface area contributed by atoms with Gasteiger partial charge in [0.1, 0.15) is 22.5 Å². The van der Waals surface area contributed by atoms with E-state index in [0.717, 1.165) is 31.7 Å². The van der Waals surface area contributed by atoms with Gasteiger partial charge in [-0.05, 0) is 56.6 Å². The molecule has 5 fully saturated rings. The van der Waals surface area contributed by atoms with E-state index in [9.17, 15) is 14.4 Å². The third-order valence-electron chi connectivity index (χ3n) is 9.25. The summed E-state index contributed by atoms with van der Waals surface area (Å²) in [5.74, 6) is -0.172. The lowest BCUT2D eigenvalue weighted by atomic mass is 9.56. The van der Waals surface area contributed by atoms with Gasteiger partial charge in [0, 0.05) is 18.3 Å². The van der Waals surface area contributed by atoms with Gasteiger partial charge in [-0.25, -0.2) is 14.6 Å². The molecule has 3 saturated heterocycles. The number of para-hydroxylation sites is 1. The molecule has 1 spiro atoms. The van der Waals surface area contributed by atoms with E-state index in [1.165, 1.54) is 0 Å². The quantitative estimate of drug-likeness (QED) is 0.311. The molecular formula is C29H34O9. The van der Waals surface area contributed by atoms with Crippen LogP contribution in [0.1, 0.15) is 65.7 Å². The minimum atomic E-state index is -0.720. The van der Waals surface area contributed by atoms with Crippen LogP contribution in [0, 0.1) is 23.7 Å². The summed E-state index contributed by atoms with van der Waals surface area (Å²) in [6.45, 7) is 6.39. The van der Waals surface area contributed by atoms with Crippen LogP contribution in [0.3, 0.4) is 0 Å². The van der Waals surface area contributed by atoms with Crippen LogP contribution in [0.15, 0.2) is 39.5 Å². The summed E-state index contributed by atoms with van der Waals surface area (Å²) in [6.07, 6.45) is 3.38. The van der Waals surface area contributed by atoms with Gasteiger partial charge < -0.3 is 18.6 Å². The van der Waals surface area contributed by atoms with E-state index in [2.05, 4.69) is 13.8 Å². The van der Waals surface area contributed by atoms with Crippen molar-refractivity contribution in [3.63, 3.8) is 0 Å². The lowest BCUT2D eigenvalue weighted by molar-refractivity contribution is -0.494. The minimum absolute atomic E-state index is 0.0851. The van der Waals surface area contributed by atoms with Crippen molar-refractivity contribution < 1.29 is 38.0 Å². The van der Waals surface area contributed by atoms with Crippen LogP contribution in [0.4, 0.5) is 0 Å². The Morgan fingerprint density at radius 3 is 2.66 bits per heavy atom. The Morgan fingerprint density at radius 2 is 1.82 bits per heavy atom. The van der Waals surface area contributed by atoms with Gasteiger partial charge in [-0.3, -0.25) is 9.59 Å². The molecule has 3 aliphatic heterocycles. The average molecular weight is 527 g/mol. The molecule has 2 saturated carbocycles. The number of carbonyl (C=O) groups excluding carboxylic acids is 2. The molecule has 7 rings (SSSR count). The lowest BCUT2D eigenvalue weighted by Crippen LogP contribution is -2.69. The van der Waals surface area contributed by atoms with Crippen molar-refractivity contribution in [2.45, 2.75) is 89.3 Å². The second kappa shape index (κ2) is 9.47. The minimum Gasteiger partial charge on any atom is -0.435 e. The van der Waals surface area contributed by atoms with Crippen molar-refractivity contribution in [1.29, 1.82) is 0 Å². The van der Waals surface area contributed by atoms with Crippen LogP contribution < -0.4 is 10.4 Å². The zero-order chi connectivity index (χ0) is 26.7. The summed E-state index contributed by atoms with van der Waals surface area (Å²) in [5, 5.41) is 0.499. The smallest absolute Gasteiger partial charge is 0.339 e. The number of ether oxygens (including phenoxy) is 3. The molecule has 1 aromatic heterocycles. The normalized spacial score (nSPS) is 37.8. The van der Waals surface area contributed by atoms with Crippen molar-refractivity contribution >= 4 is 22.9 Å². The van der Waals surface area contributed by atoms with E-state index in [1.807, 2.05) is 6.92 Å². The SMILES string of the molecule is C[C@H]1[C@H](OC(=O)CCC(=O)Oc2cc(=O)oc3ccccc23)O[C@@H]2C[C@]3(C)CC[C@H]4[C@H](C)CC[C@@H]1[C@@]24OO3. The molecule has 0 unspecified atom stereocenters. The highest BCUT2D eigenvalue weighted by Gasteiger charge is 2.68. The molecule has 2 aliphatic carbocycles. The Bertz CT molecular complexity index is 1300. The predicted molar refractivity (Wildman–Crippen MR) is 134 cm³/mol. The van der Waals surface area contributed by atoms with Crippen molar-refractivity contribution in [3.8, 4) is 5.75 Å². The highest BCUT2D eigenvalue weighted by Crippen LogP contribution is 2.61. The molecule has 204 valence electrons. The van der Waals surface area contributed by atoms with Crippen LogP contribution in [0.5, 0.6) is 5.75 Å². The van der Waals surface area contributed by atoms with Crippen LogP contribution in [0.25, 0.3) is 11.0 Å². The molecule has 9 nitrogen and oxygen atoms in total. The average Bonchev–Trinajstić information content (AvgIpc) is 3.11. The number of fused-ring (bicyclic) bond motifs is 3. The van der Waals surface area contributed by atoms with E-state index in [0.29, 0.717) is 29.2 Å². The maximum atomic E-state index is 12.8. The summed E-state index contributed by atoms with van der Waals surface area (Å²) >= 11 is 0. The highest BCUT2D eigenvalue weighted by molar-refractivity contribution is 5.87. The second-order valence-corrected chi connectivity index (χ2v) is 11.7. The Labute approximate surface area is 220 Å². The topological polar surface area (TPSA) is 111 Å². The van der Waals surface area contributed by atoms with Gasteiger partial charge >= 0.3 is 17.6 Å². The van der Waals surface area contributed by atoms with Crippen molar-refractivity contribution in [2.24, 2.45) is 23.7 Å². The van der Waals surface area contributed by atoms with Crippen LogP contribution in [-0.4, -0.2) is 35.5 Å². The number of rotatable bonds is 5. The summed E-state index contributed by atoms with van der Waals surface area (Å²) < 4.78 is 22.8. The molecule has 1 aromatic carbocycles. The van der Waals surface area contributed by atoms with E-state index in [-0.39, 0.29) is 36.5 Å². The molecule has 9 heteroatoms. The van der Waals surface area contributed by atoms with Crippen molar-refractivity contribution in [3.05, 3.63) is 40.8 Å². The monoisotopic (exact) mass is 526 g/mol. The molecule has 0 radical (unpaired) electrons. The Morgan fingerprint density at radius 1 is 1.03 bits per heavy atom. The molecule has 0 N–H and O–H groups in total. The van der Waals surface area contributed by atoms with E-state index < -0.39 is 35.1 Å². The first-order valence-corrected chi connectivity index (χ1v) is 13.6. The van der Waals surface area contributed by atoms with Gasteiger partial charge in [0.2, 0.25) is 6.29 Å². The first-order valence-electron chi connectivity index (χ1n) is 13.6. The van der Waals surface area contributed by atoms with Gasteiger partial charge in [0.25, 0.3) is 0 Å². The fourth-order valence-corrected chi connectivity index (χ4v) is 7.29. The van der Waals surface area contributed by atoms with Crippen LogP contribution in [-0.2, 0) is 28.8 Å². The first-order chi connectivity index (χ1) is 18.2. The number of carbonyl (C=O) groups is 2. The van der Waals surface area contributed by atoms with Crippen molar-refractivity contribution in [2.75, 3.05) is 0 Å². The van der Waals surface area contributed by atoms with Gasteiger partial charge in [-0.15, -0.1) is 0 Å². The van der Waals surface area contributed by atoms with Crippen LogP contribution >= 0.6 is 0 Å². The van der Waals surface area contributed by atoms with Gasteiger partial charge in [-0.1, -0.05) is 26.0 Å². The van der Waals surface area contributed by atoms with E-state index in [1.54, 1.807) is 24.3 Å².